The summed E-state index contributed by atoms with van der Waals surface area (Å²) in [6, 6.07) is 4.42. The molecule has 4 heteroatoms. The minimum Gasteiger partial charge on any atom is -0.313 e. The average molecular weight is 289 g/mol. The summed E-state index contributed by atoms with van der Waals surface area (Å²) < 4.78 is 0. The van der Waals surface area contributed by atoms with E-state index >= 15 is 0 Å². The van der Waals surface area contributed by atoms with Crippen molar-refractivity contribution in [3.8, 4) is 0 Å². The molecule has 0 saturated carbocycles. The third-order valence-electron chi connectivity index (χ3n) is 3.51. The zero-order valence-electron chi connectivity index (χ0n) is 14.0. The van der Waals surface area contributed by atoms with Gasteiger partial charge in [-0.2, -0.15) is 0 Å². The molecule has 1 heterocycles. The maximum Gasteiger partial charge on any atom is 0.258 e. The van der Waals surface area contributed by atoms with Crippen LogP contribution in [0.2, 0.25) is 0 Å². The van der Waals surface area contributed by atoms with Crippen LogP contribution in [-0.2, 0) is 6.42 Å². The van der Waals surface area contributed by atoms with E-state index in [0.29, 0.717) is 17.3 Å². The van der Waals surface area contributed by atoms with Crippen LogP contribution in [-0.4, -0.2) is 17.0 Å². The predicted molar refractivity (Wildman–Crippen MR) is 89.9 cm³/mol. The normalized spacial score (nSPS) is 15.6. The number of benzene rings is 1. The molecule has 0 spiro atoms. The monoisotopic (exact) mass is 289 g/mol. The van der Waals surface area contributed by atoms with Crippen molar-refractivity contribution >= 4 is 10.9 Å². The molecule has 116 valence electrons. The summed E-state index contributed by atoms with van der Waals surface area (Å²) >= 11 is 0. The molecule has 21 heavy (non-hydrogen) atoms. The quantitative estimate of drug-likeness (QED) is 0.845. The van der Waals surface area contributed by atoms with Crippen LogP contribution >= 0.6 is 0 Å². The molecule has 3 rings (SSSR count). The van der Waals surface area contributed by atoms with Gasteiger partial charge in [-0.1, -0.05) is 27.7 Å². The lowest BCUT2D eigenvalue weighted by atomic mass is 10.1. The van der Waals surface area contributed by atoms with E-state index in [1.54, 1.807) is 0 Å². The van der Waals surface area contributed by atoms with E-state index in [1.807, 2.05) is 47.7 Å². The van der Waals surface area contributed by atoms with Crippen LogP contribution < -0.4 is 10.9 Å². The minimum absolute atomic E-state index is 0.0444. The van der Waals surface area contributed by atoms with E-state index < -0.39 is 0 Å². The van der Waals surface area contributed by atoms with Crippen LogP contribution in [0.25, 0.3) is 10.9 Å². The number of aromatic nitrogens is 2. The van der Waals surface area contributed by atoms with Gasteiger partial charge in [-0.25, -0.2) is 4.98 Å². The number of nitrogens with zero attached hydrogens (tertiary/aromatic N) is 1. The zero-order valence-corrected chi connectivity index (χ0v) is 14.0. The van der Waals surface area contributed by atoms with Gasteiger partial charge in [-0.05, 0) is 50.1 Å². The van der Waals surface area contributed by atoms with E-state index in [-0.39, 0.29) is 5.56 Å². The number of hydrogen-bond donors (Lipinski definition) is 2. The Hall–Kier alpha value is -1.68. The molecule has 4 nitrogen and oxygen atoms in total. The molecule has 0 radical (unpaired) electrons. The van der Waals surface area contributed by atoms with Crippen molar-refractivity contribution in [3.63, 3.8) is 0 Å². The lowest BCUT2D eigenvalue weighted by Crippen LogP contribution is -2.14. The standard InChI is InChI=1S/C13H15N3O.2C2H6/c1-7-15-12-5-8-3-4-11(14-2)9(8)6-10(12)13(17)16-7;2*1-2/h5-6,11,14H,3-4H2,1-2H3,(H,15,16,17);2*1-2H3. The van der Waals surface area contributed by atoms with Crippen LogP contribution in [0.3, 0.4) is 0 Å². The van der Waals surface area contributed by atoms with Crippen LogP contribution in [0.15, 0.2) is 16.9 Å². The fraction of sp³-hybridized carbons (Fsp3) is 0.529. The number of rotatable bonds is 1. The van der Waals surface area contributed by atoms with Crippen molar-refractivity contribution in [1.82, 2.24) is 15.3 Å². The highest BCUT2D eigenvalue weighted by molar-refractivity contribution is 5.80. The lowest BCUT2D eigenvalue weighted by Gasteiger charge is -2.10. The van der Waals surface area contributed by atoms with Crippen LogP contribution in [0.4, 0.5) is 0 Å². The lowest BCUT2D eigenvalue weighted by molar-refractivity contribution is 0.591. The fourth-order valence-corrected chi connectivity index (χ4v) is 2.66. The third kappa shape index (κ3) is 3.50. The zero-order chi connectivity index (χ0) is 16.0. The Morgan fingerprint density at radius 2 is 1.90 bits per heavy atom. The van der Waals surface area contributed by atoms with Gasteiger partial charge in [0.15, 0.2) is 0 Å². The number of aryl methyl sites for hydroxylation is 2. The molecule has 0 bridgehead atoms. The van der Waals surface area contributed by atoms with Gasteiger partial charge in [0.05, 0.1) is 10.9 Å². The molecular weight excluding hydrogens is 262 g/mol. The Bertz CT molecular complexity index is 646. The Morgan fingerprint density at radius 1 is 1.24 bits per heavy atom. The summed E-state index contributed by atoms with van der Waals surface area (Å²) in [5.41, 5.74) is 3.32. The summed E-state index contributed by atoms with van der Waals surface area (Å²) in [7, 11) is 1.96. The van der Waals surface area contributed by atoms with Crippen molar-refractivity contribution in [3.05, 3.63) is 39.4 Å². The smallest absolute Gasteiger partial charge is 0.258 e. The van der Waals surface area contributed by atoms with E-state index in [9.17, 15) is 4.79 Å². The number of fused-ring (bicyclic) bond motifs is 2. The molecule has 0 fully saturated rings. The molecule has 0 aliphatic heterocycles. The highest BCUT2D eigenvalue weighted by Gasteiger charge is 2.22. The first-order chi connectivity index (χ1) is 10.2. The Morgan fingerprint density at radius 3 is 2.52 bits per heavy atom. The molecule has 1 aliphatic rings. The van der Waals surface area contributed by atoms with Gasteiger partial charge < -0.3 is 10.3 Å². The summed E-state index contributed by atoms with van der Waals surface area (Å²) in [5, 5.41) is 3.97. The highest BCUT2D eigenvalue weighted by Crippen LogP contribution is 2.32. The largest absolute Gasteiger partial charge is 0.313 e. The number of hydrogen-bond acceptors (Lipinski definition) is 3. The van der Waals surface area contributed by atoms with Gasteiger partial charge >= 0.3 is 0 Å². The van der Waals surface area contributed by atoms with Gasteiger partial charge in [0.25, 0.3) is 5.56 Å². The molecule has 1 unspecified atom stereocenters. The first-order valence-electron chi connectivity index (χ1n) is 7.90. The Kier molecular flexibility index (Phi) is 6.56. The molecule has 2 aromatic rings. The van der Waals surface area contributed by atoms with E-state index in [2.05, 4.69) is 21.4 Å². The Balaban J connectivity index is 0.000000510. The second kappa shape index (κ2) is 7.93. The number of nitrogens with one attached hydrogen (secondary N) is 2. The highest BCUT2D eigenvalue weighted by atomic mass is 16.1. The van der Waals surface area contributed by atoms with Crippen molar-refractivity contribution in [2.24, 2.45) is 0 Å². The van der Waals surface area contributed by atoms with Crippen molar-refractivity contribution < 1.29 is 0 Å². The SMILES string of the molecule is CC.CC.CNC1CCc2cc3nc(C)[nH]c(=O)c3cc21. The number of H-pyrrole nitrogens is 1. The van der Waals surface area contributed by atoms with Gasteiger partial charge in [0.1, 0.15) is 5.82 Å². The maximum absolute atomic E-state index is 11.9. The van der Waals surface area contributed by atoms with Crippen LogP contribution in [0.1, 0.15) is 57.1 Å². The molecule has 2 N–H and O–H groups in total. The predicted octanol–water partition coefficient (Wildman–Crippen LogP) is 3.49. The van der Waals surface area contributed by atoms with E-state index in [4.69, 9.17) is 0 Å². The van der Waals surface area contributed by atoms with Gasteiger partial charge in [0.2, 0.25) is 0 Å². The first-order valence-corrected chi connectivity index (χ1v) is 7.90. The van der Waals surface area contributed by atoms with Crippen molar-refractivity contribution in [2.45, 2.75) is 53.5 Å². The van der Waals surface area contributed by atoms with E-state index in [1.165, 1.54) is 11.1 Å². The second-order valence-corrected chi connectivity index (χ2v) is 4.60. The third-order valence-corrected chi connectivity index (χ3v) is 3.51. The maximum atomic E-state index is 11.9. The molecule has 1 atom stereocenters. The summed E-state index contributed by atoms with van der Waals surface area (Å²) in [5.74, 6) is 0.672. The molecule has 0 saturated heterocycles. The summed E-state index contributed by atoms with van der Waals surface area (Å²) in [4.78, 5) is 19.0. The minimum atomic E-state index is -0.0444. The average Bonchev–Trinajstić information content (AvgIpc) is 2.91. The van der Waals surface area contributed by atoms with Crippen LogP contribution in [0, 0.1) is 6.92 Å². The number of aromatic amines is 1. The van der Waals surface area contributed by atoms with Gasteiger partial charge in [0, 0.05) is 6.04 Å². The topological polar surface area (TPSA) is 57.8 Å². The Labute approximate surface area is 127 Å². The van der Waals surface area contributed by atoms with Gasteiger partial charge in [-0.3, -0.25) is 4.79 Å². The second-order valence-electron chi connectivity index (χ2n) is 4.60. The van der Waals surface area contributed by atoms with E-state index in [0.717, 1.165) is 18.4 Å². The van der Waals surface area contributed by atoms with Gasteiger partial charge in [-0.15, -0.1) is 0 Å². The summed E-state index contributed by atoms with van der Waals surface area (Å²) in [6.45, 7) is 9.81. The molecule has 1 aliphatic carbocycles. The van der Waals surface area contributed by atoms with Crippen molar-refractivity contribution in [1.29, 1.82) is 0 Å². The molecule has 1 aromatic heterocycles. The first kappa shape index (κ1) is 17.4. The summed E-state index contributed by atoms with van der Waals surface area (Å²) in [6.07, 6.45) is 2.16. The molecule has 0 amide bonds. The fourth-order valence-electron chi connectivity index (χ4n) is 2.66. The molecular formula is C17H27N3O. The van der Waals surface area contributed by atoms with Crippen molar-refractivity contribution in [2.75, 3.05) is 7.05 Å². The molecule has 1 aromatic carbocycles. The van der Waals surface area contributed by atoms with Crippen LogP contribution in [0.5, 0.6) is 0 Å².